The number of aromatic nitrogens is 2. The van der Waals surface area contributed by atoms with Gasteiger partial charge in [-0.25, -0.2) is 4.68 Å². The molecule has 1 aromatic rings. The SMILES string of the molecule is Cc1ccc(=O)n(CCN2CCN(C3CCCCC3)CC2)n1. The summed E-state index contributed by atoms with van der Waals surface area (Å²) < 4.78 is 1.60. The third-order valence-corrected chi connectivity index (χ3v) is 5.13. The first-order valence-corrected chi connectivity index (χ1v) is 8.73. The van der Waals surface area contributed by atoms with E-state index >= 15 is 0 Å². The quantitative estimate of drug-likeness (QED) is 0.845. The van der Waals surface area contributed by atoms with Crippen LogP contribution in [0.3, 0.4) is 0 Å². The van der Waals surface area contributed by atoms with Crippen molar-refractivity contribution in [2.24, 2.45) is 0 Å². The third-order valence-electron chi connectivity index (χ3n) is 5.13. The fraction of sp³-hybridized carbons (Fsp3) is 0.765. The number of aryl methyl sites for hydroxylation is 1. The van der Waals surface area contributed by atoms with Crippen molar-refractivity contribution in [1.29, 1.82) is 0 Å². The number of hydrogen-bond donors (Lipinski definition) is 0. The fourth-order valence-electron chi connectivity index (χ4n) is 3.75. The molecule has 0 atom stereocenters. The molecule has 5 nitrogen and oxygen atoms in total. The van der Waals surface area contributed by atoms with E-state index in [-0.39, 0.29) is 5.56 Å². The summed E-state index contributed by atoms with van der Waals surface area (Å²) in [5, 5.41) is 4.31. The van der Waals surface area contributed by atoms with Crippen molar-refractivity contribution >= 4 is 0 Å². The van der Waals surface area contributed by atoms with E-state index < -0.39 is 0 Å². The Balaban J connectivity index is 1.45. The van der Waals surface area contributed by atoms with Gasteiger partial charge in [0.25, 0.3) is 5.56 Å². The highest BCUT2D eigenvalue weighted by molar-refractivity contribution is 4.97. The van der Waals surface area contributed by atoms with E-state index in [0.29, 0.717) is 6.54 Å². The molecule has 1 aromatic heterocycles. The van der Waals surface area contributed by atoms with E-state index in [1.165, 1.54) is 45.2 Å². The van der Waals surface area contributed by atoms with Gasteiger partial charge in [0, 0.05) is 44.8 Å². The minimum absolute atomic E-state index is 0.00596. The lowest BCUT2D eigenvalue weighted by atomic mass is 9.94. The van der Waals surface area contributed by atoms with Gasteiger partial charge in [-0.1, -0.05) is 19.3 Å². The van der Waals surface area contributed by atoms with Crippen LogP contribution >= 0.6 is 0 Å². The number of piperazine rings is 1. The van der Waals surface area contributed by atoms with Crippen molar-refractivity contribution in [2.75, 3.05) is 32.7 Å². The molecular formula is C17H28N4O. The zero-order valence-electron chi connectivity index (χ0n) is 13.7. The normalized spacial score (nSPS) is 22.0. The maximum Gasteiger partial charge on any atom is 0.266 e. The van der Waals surface area contributed by atoms with Crippen LogP contribution in [-0.2, 0) is 6.54 Å². The van der Waals surface area contributed by atoms with Gasteiger partial charge in [0.05, 0.1) is 12.2 Å². The van der Waals surface area contributed by atoms with Crippen LogP contribution in [0.4, 0.5) is 0 Å². The molecule has 1 aliphatic carbocycles. The maximum absolute atomic E-state index is 11.8. The first kappa shape index (κ1) is 15.7. The minimum atomic E-state index is 0.00596. The summed E-state index contributed by atoms with van der Waals surface area (Å²) in [7, 11) is 0. The summed E-state index contributed by atoms with van der Waals surface area (Å²) in [6, 6.07) is 4.22. The molecule has 0 N–H and O–H groups in total. The van der Waals surface area contributed by atoms with Gasteiger partial charge in [0.15, 0.2) is 0 Å². The predicted octanol–water partition coefficient (Wildman–Crippen LogP) is 1.50. The van der Waals surface area contributed by atoms with Crippen LogP contribution in [0.5, 0.6) is 0 Å². The maximum atomic E-state index is 11.8. The average Bonchev–Trinajstić information content (AvgIpc) is 2.57. The van der Waals surface area contributed by atoms with Gasteiger partial charge in [-0.15, -0.1) is 0 Å². The minimum Gasteiger partial charge on any atom is -0.299 e. The van der Waals surface area contributed by atoms with Crippen molar-refractivity contribution < 1.29 is 0 Å². The summed E-state index contributed by atoms with van der Waals surface area (Å²) in [5.74, 6) is 0. The van der Waals surface area contributed by atoms with Gasteiger partial charge >= 0.3 is 0 Å². The Hall–Kier alpha value is -1.20. The molecule has 0 bridgehead atoms. The lowest BCUT2D eigenvalue weighted by Crippen LogP contribution is -2.51. The molecule has 2 aliphatic rings. The molecule has 5 heteroatoms. The standard InChI is InChI=1S/C17H28N4O/c1-15-7-8-17(22)21(18-15)14-11-19-9-12-20(13-10-19)16-5-3-2-4-6-16/h7-8,16H,2-6,9-14H2,1H3. The smallest absolute Gasteiger partial charge is 0.266 e. The van der Waals surface area contributed by atoms with E-state index in [1.807, 2.05) is 6.92 Å². The zero-order valence-corrected chi connectivity index (χ0v) is 13.7. The Kier molecular flexibility index (Phi) is 5.26. The second-order valence-corrected chi connectivity index (χ2v) is 6.71. The summed E-state index contributed by atoms with van der Waals surface area (Å²) in [6.45, 7) is 8.16. The van der Waals surface area contributed by atoms with Gasteiger partial charge in [0.2, 0.25) is 0 Å². The molecule has 1 aliphatic heterocycles. The van der Waals surface area contributed by atoms with Crippen molar-refractivity contribution in [3.05, 3.63) is 28.2 Å². The predicted molar refractivity (Wildman–Crippen MR) is 88.1 cm³/mol. The highest BCUT2D eigenvalue weighted by Gasteiger charge is 2.24. The van der Waals surface area contributed by atoms with Crippen molar-refractivity contribution in [3.8, 4) is 0 Å². The zero-order chi connectivity index (χ0) is 15.4. The molecule has 0 spiro atoms. The van der Waals surface area contributed by atoms with Crippen LogP contribution < -0.4 is 5.56 Å². The Bertz CT molecular complexity index is 528. The average molecular weight is 304 g/mol. The Morgan fingerprint density at radius 2 is 1.77 bits per heavy atom. The molecule has 1 saturated carbocycles. The molecule has 22 heavy (non-hydrogen) atoms. The number of hydrogen-bond acceptors (Lipinski definition) is 4. The Labute approximate surface area is 132 Å². The van der Waals surface area contributed by atoms with E-state index in [4.69, 9.17) is 0 Å². The molecule has 1 saturated heterocycles. The van der Waals surface area contributed by atoms with Crippen molar-refractivity contribution in [1.82, 2.24) is 19.6 Å². The van der Waals surface area contributed by atoms with Gasteiger partial charge in [0.1, 0.15) is 0 Å². The lowest BCUT2D eigenvalue weighted by Gasteiger charge is -2.40. The Morgan fingerprint density at radius 3 is 2.50 bits per heavy atom. The van der Waals surface area contributed by atoms with Gasteiger partial charge in [-0.2, -0.15) is 5.10 Å². The second kappa shape index (κ2) is 7.38. The highest BCUT2D eigenvalue weighted by atomic mass is 16.1. The first-order valence-electron chi connectivity index (χ1n) is 8.73. The molecule has 2 fully saturated rings. The monoisotopic (exact) mass is 304 g/mol. The van der Waals surface area contributed by atoms with Crippen LogP contribution in [0, 0.1) is 6.92 Å². The molecule has 0 unspecified atom stereocenters. The Morgan fingerprint density at radius 1 is 1.05 bits per heavy atom. The highest BCUT2D eigenvalue weighted by Crippen LogP contribution is 2.23. The molecule has 3 rings (SSSR count). The second-order valence-electron chi connectivity index (χ2n) is 6.71. The third kappa shape index (κ3) is 3.96. The van der Waals surface area contributed by atoms with E-state index in [2.05, 4.69) is 14.9 Å². The largest absolute Gasteiger partial charge is 0.299 e. The molecule has 122 valence electrons. The summed E-state index contributed by atoms with van der Waals surface area (Å²) in [6.07, 6.45) is 7.03. The van der Waals surface area contributed by atoms with Crippen LogP contribution in [0.25, 0.3) is 0 Å². The topological polar surface area (TPSA) is 41.4 Å². The van der Waals surface area contributed by atoms with E-state index in [1.54, 1.807) is 16.8 Å². The van der Waals surface area contributed by atoms with Crippen LogP contribution in [0.15, 0.2) is 16.9 Å². The molecule has 2 heterocycles. The van der Waals surface area contributed by atoms with Crippen molar-refractivity contribution in [2.45, 2.75) is 51.6 Å². The number of rotatable bonds is 4. The number of nitrogens with zero attached hydrogens (tertiary/aromatic N) is 4. The molecular weight excluding hydrogens is 276 g/mol. The van der Waals surface area contributed by atoms with Gasteiger partial charge in [-0.05, 0) is 25.8 Å². The first-order chi connectivity index (χ1) is 10.7. The van der Waals surface area contributed by atoms with Crippen LogP contribution in [-0.4, -0.2) is 58.3 Å². The van der Waals surface area contributed by atoms with E-state index in [9.17, 15) is 4.79 Å². The lowest BCUT2D eigenvalue weighted by molar-refractivity contribution is 0.0766. The molecule has 0 amide bonds. The molecule has 0 aromatic carbocycles. The summed E-state index contributed by atoms with van der Waals surface area (Å²) in [4.78, 5) is 16.9. The summed E-state index contributed by atoms with van der Waals surface area (Å²) >= 11 is 0. The fourth-order valence-corrected chi connectivity index (χ4v) is 3.75. The van der Waals surface area contributed by atoms with Gasteiger partial charge in [-0.3, -0.25) is 14.6 Å². The van der Waals surface area contributed by atoms with Gasteiger partial charge < -0.3 is 0 Å². The summed E-state index contributed by atoms with van der Waals surface area (Å²) in [5.41, 5.74) is 0.910. The van der Waals surface area contributed by atoms with E-state index in [0.717, 1.165) is 31.4 Å². The van der Waals surface area contributed by atoms with Crippen LogP contribution in [0.2, 0.25) is 0 Å². The molecule has 0 radical (unpaired) electrons. The van der Waals surface area contributed by atoms with Crippen molar-refractivity contribution in [3.63, 3.8) is 0 Å². The van der Waals surface area contributed by atoms with Crippen LogP contribution in [0.1, 0.15) is 37.8 Å².